The van der Waals surface area contributed by atoms with E-state index >= 15 is 0 Å². The van der Waals surface area contributed by atoms with Crippen molar-refractivity contribution in [2.24, 2.45) is 11.7 Å². The van der Waals surface area contributed by atoms with Crippen LogP contribution >= 0.6 is 0 Å². The van der Waals surface area contributed by atoms with Gasteiger partial charge in [-0.05, 0) is 6.42 Å². The van der Waals surface area contributed by atoms with Crippen LogP contribution in [0.15, 0.2) is 0 Å². The average Bonchev–Trinajstić information content (AvgIpc) is 1.83. The maximum Gasteiger partial charge on any atom is 0.324 e. The highest BCUT2D eigenvalue weighted by atomic mass is 16.4. The number of hydrogen-bond donors (Lipinski definition) is 2. The Morgan fingerprint density at radius 1 is 1.82 bits per heavy atom. The quantitative estimate of drug-likeness (QED) is 0.575. The van der Waals surface area contributed by atoms with Crippen molar-refractivity contribution in [3.05, 3.63) is 0 Å². The molecule has 1 aliphatic heterocycles. The average molecular weight is 157 g/mol. The lowest BCUT2D eigenvalue weighted by Crippen LogP contribution is -2.62. The highest BCUT2D eigenvalue weighted by molar-refractivity contribution is 5.79. The third-order valence-corrected chi connectivity index (χ3v) is 2.41. The molecule has 1 fully saturated rings. The first-order valence-corrected chi connectivity index (χ1v) is 3.76. The molecule has 0 spiro atoms. The van der Waals surface area contributed by atoms with Crippen LogP contribution in [0.5, 0.6) is 0 Å². The van der Waals surface area contributed by atoms with Crippen LogP contribution in [0.3, 0.4) is 0 Å². The lowest BCUT2D eigenvalue weighted by atomic mass is 9.79. The zero-order valence-corrected chi connectivity index (χ0v) is 6.58. The van der Waals surface area contributed by atoms with Crippen molar-refractivity contribution in [1.82, 2.24) is 5.32 Å². The van der Waals surface area contributed by atoms with Crippen LogP contribution in [0, 0.1) is 5.92 Å². The maximum absolute atomic E-state index is 10.7. The van der Waals surface area contributed by atoms with Crippen molar-refractivity contribution in [2.75, 3.05) is 13.1 Å². The number of carbonyl (C=O) groups is 1. The van der Waals surface area contributed by atoms with Gasteiger partial charge >= 0.3 is 5.97 Å². The summed E-state index contributed by atoms with van der Waals surface area (Å²) in [5.74, 6) is -0.857. The lowest BCUT2D eigenvalue weighted by molar-refractivity contribution is -0.146. The number of hydrogen-bond acceptors (Lipinski definition) is 2. The Bertz CT molecular complexity index is 168. The van der Waals surface area contributed by atoms with Gasteiger partial charge < -0.3 is 10.8 Å². The predicted molar refractivity (Wildman–Crippen MR) is 40.2 cm³/mol. The van der Waals surface area contributed by atoms with E-state index in [2.05, 4.69) is 5.32 Å². The highest BCUT2D eigenvalue weighted by Crippen LogP contribution is 2.23. The minimum Gasteiger partial charge on any atom is -0.480 e. The first-order chi connectivity index (χ1) is 5.11. The first-order valence-electron chi connectivity index (χ1n) is 3.76. The van der Waals surface area contributed by atoms with E-state index in [0.717, 1.165) is 0 Å². The molecule has 1 heterocycles. The van der Waals surface area contributed by atoms with Gasteiger partial charge in [-0.1, -0.05) is 6.92 Å². The van der Waals surface area contributed by atoms with Gasteiger partial charge in [0.05, 0.1) is 0 Å². The monoisotopic (exact) mass is 157 g/mol. The van der Waals surface area contributed by atoms with Crippen molar-refractivity contribution in [3.8, 4) is 0 Å². The van der Waals surface area contributed by atoms with Gasteiger partial charge in [0.15, 0.2) is 0 Å². The van der Waals surface area contributed by atoms with Crippen molar-refractivity contribution < 1.29 is 9.90 Å². The molecule has 4 heteroatoms. The van der Waals surface area contributed by atoms with E-state index in [1.165, 1.54) is 0 Å². The zero-order valence-electron chi connectivity index (χ0n) is 6.58. The number of rotatable bonds is 3. The molecule has 0 saturated carbocycles. The van der Waals surface area contributed by atoms with E-state index in [-0.39, 0.29) is 5.92 Å². The summed E-state index contributed by atoms with van der Waals surface area (Å²) in [4.78, 5) is 10.7. The minimum absolute atomic E-state index is 0.0463. The Hall–Kier alpha value is -0.610. The molecule has 0 bridgehead atoms. The standard InChI is InChI=1S/C7H13N2O2/c1-2-7(8,6(10)11)5-3-9-4-5/h5H,2-4,8H2,1H3,(H,10,11). The zero-order chi connectivity index (χ0) is 8.48. The fourth-order valence-electron chi connectivity index (χ4n) is 1.20. The van der Waals surface area contributed by atoms with Crippen LogP contribution in [-0.4, -0.2) is 29.7 Å². The van der Waals surface area contributed by atoms with Crippen molar-refractivity contribution in [3.63, 3.8) is 0 Å². The second-order valence-electron chi connectivity index (χ2n) is 2.98. The van der Waals surface area contributed by atoms with Crippen molar-refractivity contribution >= 4 is 5.97 Å². The molecule has 1 radical (unpaired) electrons. The summed E-state index contributed by atoms with van der Waals surface area (Å²) in [5, 5.41) is 12.8. The number of carboxylic acid groups (broad SMARTS) is 1. The van der Waals surface area contributed by atoms with Crippen molar-refractivity contribution in [2.45, 2.75) is 18.9 Å². The fraction of sp³-hybridized carbons (Fsp3) is 0.857. The molecule has 0 aromatic rings. The van der Waals surface area contributed by atoms with Gasteiger partial charge in [-0.15, -0.1) is 0 Å². The predicted octanol–water partition coefficient (Wildman–Crippen LogP) is -0.587. The lowest BCUT2D eigenvalue weighted by Gasteiger charge is -2.38. The molecule has 1 aliphatic rings. The molecule has 0 aromatic heterocycles. The van der Waals surface area contributed by atoms with Gasteiger partial charge in [0.1, 0.15) is 5.54 Å². The van der Waals surface area contributed by atoms with E-state index in [9.17, 15) is 4.79 Å². The SMILES string of the molecule is CCC(N)(C(=O)O)C1C[N]C1. The Balaban J connectivity index is 2.65. The summed E-state index contributed by atoms with van der Waals surface area (Å²) in [6, 6.07) is 0. The van der Waals surface area contributed by atoms with Gasteiger partial charge in [-0.2, -0.15) is 0 Å². The third-order valence-electron chi connectivity index (χ3n) is 2.41. The number of aliphatic carboxylic acids is 1. The third kappa shape index (κ3) is 1.23. The summed E-state index contributed by atoms with van der Waals surface area (Å²) in [6.07, 6.45) is 0.475. The number of carboxylic acids is 1. The largest absolute Gasteiger partial charge is 0.480 e. The molecule has 3 N–H and O–H groups in total. The molecular formula is C7H13N2O2. The normalized spacial score (nSPS) is 23.8. The summed E-state index contributed by atoms with van der Waals surface area (Å²) in [7, 11) is 0. The molecule has 4 nitrogen and oxygen atoms in total. The molecule has 1 saturated heterocycles. The fourth-order valence-corrected chi connectivity index (χ4v) is 1.20. The second-order valence-corrected chi connectivity index (χ2v) is 2.98. The summed E-state index contributed by atoms with van der Waals surface area (Å²) >= 11 is 0. The van der Waals surface area contributed by atoms with E-state index in [4.69, 9.17) is 10.8 Å². The van der Waals surface area contributed by atoms with Crippen LogP contribution in [-0.2, 0) is 4.79 Å². The molecule has 0 amide bonds. The Labute approximate surface area is 65.8 Å². The van der Waals surface area contributed by atoms with Crippen LogP contribution in [0.2, 0.25) is 0 Å². The Morgan fingerprint density at radius 2 is 2.36 bits per heavy atom. The number of nitrogens with zero attached hydrogens (tertiary/aromatic N) is 1. The van der Waals surface area contributed by atoms with Crippen LogP contribution in [0.4, 0.5) is 0 Å². The van der Waals surface area contributed by atoms with Gasteiger partial charge in [0.2, 0.25) is 0 Å². The van der Waals surface area contributed by atoms with Crippen molar-refractivity contribution in [1.29, 1.82) is 0 Å². The van der Waals surface area contributed by atoms with Crippen LogP contribution < -0.4 is 11.1 Å². The molecule has 0 aliphatic carbocycles. The Kier molecular flexibility index (Phi) is 2.15. The van der Waals surface area contributed by atoms with Gasteiger partial charge in [-0.25, -0.2) is 5.32 Å². The molecule has 0 aromatic carbocycles. The maximum atomic E-state index is 10.7. The smallest absolute Gasteiger partial charge is 0.324 e. The summed E-state index contributed by atoms with van der Waals surface area (Å²) in [6.45, 7) is 3.01. The molecular weight excluding hydrogens is 144 g/mol. The molecule has 1 atom stereocenters. The van der Waals surface area contributed by atoms with E-state index in [1.807, 2.05) is 0 Å². The molecule has 11 heavy (non-hydrogen) atoms. The van der Waals surface area contributed by atoms with E-state index in [0.29, 0.717) is 19.5 Å². The van der Waals surface area contributed by atoms with E-state index in [1.54, 1.807) is 6.92 Å². The second kappa shape index (κ2) is 2.79. The van der Waals surface area contributed by atoms with Gasteiger partial charge in [0, 0.05) is 19.0 Å². The Morgan fingerprint density at radius 3 is 2.45 bits per heavy atom. The molecule has 1 unspecified atom stereocenters. The minimum atomic E-state index is -1.04. The molecule has 1 rings (SSSR count). The van der Waals surface area contributed by atoms with E-state index < -0.39 is 11.5 Å². The highest BCUT2D eigenvalue weighted by Gasteiger charge is 2.44. The van der Waals surface area contributed by atoms with Gasteiger partial charge in [-0.3, -0.25) is 4.79 Å². The summed E-state index contributed by atoms with van der Waals surface area (Å²) in [5.41, 5.74) is 4.65. The van der Waals surface area contributed by atoms with Crippen LogP contribution in [0.25, 0.3) is 0 Å². The summed E-state index contributed by atoms with van der Waals surface area (Å²) < 4.78 is 0. The molecule has 63 valence electrons. The first kappa shape index (κ1) is 8.49. The van der Waals surface area contributed by atoms with Crippen LogP contribution in [0.1, 0.15) is 13.3 Å². The topological polar surface area (TPSA) is 77.4 Å². The number of nitrogens with two attached hydrogens (primary N) is 1. The van der Waals surface area contributed by atoms with Gasteiger partial charge in [0.25, 0.3) is 0 Å².